The first-order valence-electron chi connectivity index (χ1n) is 13.1. The summed E-state index contributed by atoms with van der Waals surface area (Å²) in [5, 5.41) is 3.09. The molecule has 2 atom stereocenters. The van der Waals surface area contributed by atoms with Gasteiger partial charge in [-0.05, 0) is 43.2 Å². The summed E-state index contributed by atoms with van der Waals surface area (Å²) in [5.74, 6) is 0.765. The maximum atomic E-state index is 14.1. The summed E-state index contributed by atoms with van der Waals surface area (Å²) in [5.41, 5.74) is 0.296. The molecule has 1 heterocycles. The number of hydrogen-bond donors (Lipinski definition) is 1. The quantitative estimate of drug-likeness (QED) is 0.466. The fraction of sp³-hybridized carbons (Fsp3) is 0.536. The van der Waals surface area contributed by atoms with E-state index in [4.69, 9.17) is 9.47 Å². The van der Waals surface area contributed by atoms with Gasteiger partial charge in [-0.15, -0.1) is 0 Å². The zero-order chi connectivity index (χ0) is 25.9. The summed E-state index contributed by atoms with van der Waals surface area (Å²) >= 11 is 0. The lowest BCUT2D eigenvalue weighted by Gasteiger charge is -2.38. The maximum Gasteiger partial charge on any atom is 0.269 e. The average molecular weight is 515 g/mol. The first-order valence-corrected chi connectivity index (χ1v) is 14.5. The first-order chi connectivity index (χ1) is 17.3. The molecule has 196 valence electrons. The van der Waals surface area contributed by atoms with Crippen molar-refractivity contribution in [3.8, 4) is 11.5 Å². The molecule has 1 fully saturated rings. The van der Waals surface area contributed by atoms with Crippen LogP contribution in [0.5, 0.6) is 11.5 Å². The number of ether oxygens (including phenoxy) is 2. The van der Waals surface area contributed by atoms with Crippen molar-refractivity contribution >= 4 is 21.6 Å². The Labute approximate surface area is 215 Å². The van der Waals surface area contributed by atoms with Crippen LogP contribution in [-0.4, -0.2) is 44.4 Å². The van der Waals surface area contributed by atoms with E-state index < -0.39 is 15.6 Å². The molecule has 0 spiro atoms. The Balaban J connectivity index is 1.75. The number of nitrogens with one attached hydrogen (secondary N) is 1. The number of benzene rings is 2. The van der Waals surface area contributed by atoms with E-state index in [1.807, 2.05) is 39.0 Å². The van der Waals surface area contributed by atoms with Crippen molar-refractivity contribution < 1.29 is 22.7 Å². The highest BCUT2D eigenvalue weighted by atomic mass is 32.2. The summed E-state index contributed by atoms with van der Waals surface area (Å²) < 4.78 is 39.9. The Bertz CT molecular complexity index is 1190. The van der Waals surface area contributed by atoms with Crippen molar-refractivity contribution in [2.75, 3.05) is 25.5 Å². The van der Waals surface area contributed by atoms with Gasteiger partial charge in [-0.1, -0.05) is 52.5 Å². The third kappa shape index (κ3) is 4.73. The van der Waals surface area contributed by atoms with Gasteiger partial charge in [0.2, 0.25) is 10.0 Å². The second kappa shape index (κ2) is 10.8. The molecular weight excluding hydrogens is 476 g/mol. The monoisotopic (exact) mass is 514 g/mol. The van der Waals surface area contributed by atoms with Gasteiger partial charge in [-0.2, -0.15) is 4.31 Å². The topological polar surface area (TPSA) is 84.9 Å². The second-order valence-corrected chi connectivity index (χ2v) is 11.7. The number of fused-ring (bicyclic) bond motifs is 1. The van der Waals surface area contributed by atoms with Crippen molar-refractivity contribution in [3.05, 3.63) is 48.0 Å². The van der Waals surface area contributed by atoms with E-state index in [9.17, 15) is 13.2 Å². The predicted molar refractivity (Wildman–Crippen MR) is 141 cm³/mol. The normalized spacial score (nSPS) is 22.5. The molecule has 2 aromatic carbocycles. The van der Waals surface area contributed by atoms with Crippen molar-refractivity contribution in [1.82, 2.24) is 4.31 Å². The van der Waals surface area contributed by atoms with E-state index in [0.717, 1.165) is 44.1 Å². The van der Waals surface area contributed by atoms with E-state index in [-0.39, 0.29) is 22.6 Å². The molecule has 4 rings (SSSR count). The Kier molecular flexibility index (Phi) is 7.95. The molecule has 0 radical (unpaired) electrons. The number of anilines is 1. The smallest absolute Gasteiger partial charge is 0.269 e. The molecule has 2 aliphatic rings. The Morgan fingerprint density at radius 2 is 1.78 bits per heavy atom. The van der Waals surface area contributed by atoms with Gasteiger partial charge >= 0.3 is 0 Å². The summed E-state index contributed by atoms with van der Waals surface area (Å²) in [4.78, 5) is 14.3. The lowest BCUT2D eigenvalue weighted by atomic mass is 9.72. The van der Waals surface area contributed by atoms with E-state index in [1.54, 1.807) is 31.4 Å². The van der Waals surface area contributed by atoms with Crippen LogP contribution in [0.25, 0.3) is 0 Å². The molecule has 1 saturated carbocycles. The largest absolute Gasteiger partial charge is 0.497 e. The van der Waals surface area contributed by atoms with E-state index in [1.165, 1.54) is 4.31 Å². The van der Waals surface area contributed by atoms with Gasteiger partial charge in [0, 0.05) is 42.2 Å². The van der Waals surface area contributed by atoms with Gasteiger partial charge in [0.25, 0.3) is 5.91 Å². The van der Waals surface area contributed by atoms with Gasteiger partial charge < -0.3 is 14.8 Å². The third-order valence-corrected chi connectivity index (χ3v) is 9.90. The number of hydrogen-bond acceptors (Lipinski definition) is 5. The predicted octanol–water partition coefficient (Wildman–Crippen LogP) is 5.57. The van der Waals surface area contributed by atoms with Crippen LogP contribution in [0.4, 0.5) is 5.69 Å². The number of amides is 1. The van der Waals surface area contributed by atoms with Gasteiger partial charge in [-0.3, -0.25) is 4.79 Å². The summed E-state index contributed by atoms with van der Waals surface area (Å²) in [7, 11) is -2.03. The zero-order valence-corrected chi connectivity index (χ0v) is 22.6. The van der Waals surface area contributed by atoms with E-state index in [2.05, 4.69) is 5.32 Å². The SMILES string of the molecule is CCN(CC)S(=O)(=O)c1ccc2c(c1)C(C)C(C(=O)Nc1cccc(OC)c1)(C1CCCCCC1)O2. The molecule has 1 aliphatic heterocycles. The lowest BCUT2D eigenvalue weighted by molar-refractivity contribution is -0.137. The van der Waals surface area contributed by atoms with Gasteiger partial charge in [0.15, 0.2) is 5.60 Å². The summed E-state index contributed by atoms with van der Waals surface area (Å²) in [6.07, 6.45) is 6.19. The molecule has 0 bridgehead atoms. The minimum Gasteiger partial charge on any atom is -0.497 e. The number of methoxy groups -OCH3 is 1. The molecule has 8 heteroatoms. The van der Waals surface area contributed by atoms with Gasteiger partial charge in [-0.25, -0.2) is 8.42 Å². The molecule has 1 aliphatic carbocycles. The zero-order valence-electron chi connectivity index (χ0n) is 21.7. The Hall–Kier alpha value is -2.58. The fourth-order valence-corrected chi connectivity index (χ4v) is 7.33. The number of carbonyl (C=O) groups excluding carboxylic acids is 1. The maximum absolute atomic E-state index is 14.1. The summed E-state index contributed by atoms with van der Waals surface area (Å²) in [6, 6.07) is 12.3. The molecule has 0 aromatic heterocycles. The lowest BCUT2D eigenvalue weighted by Crippen LogP contribution is -2.54. The average Bonchev–Trinajstić information content (AvgIpc) is 3.02. The molecule has 0 saturated heterocycles. The molecule has 1 amide bonds. The summed E-state index contributed by atoms with van der Waals surface area (Å²) in [6.45, 7) is 6.46. The molecule has 2 unspecified atom stereocenters. The number of carbonyl (C=O) groups is 1. The van der Waals surface area contributed by atoms with Crippen LogP contribution in [0, 0.1) is 5.92 Å². The second-order valence-electron chi connectivity index (χ2n) is 9.78. The van der Waals surface area contributed by atoms with Crippen molar-refractivity contribution in [3.63, 3.8) is 0 Å². The van der Waals surface area contributed by atoms with Crippen molar-refractivity contribution in [2.24, 2.45) is 5.92 Å². The van der Waals surface area contributed by atoms with Crippen LogP contribution in [0.15, 0.2) is 47.4 Å². The highest BCUT2D eigenvalue weighted by Crippen LogP contribution is 2.52. The van der Waals surface area contributed by atoms with Crippen LogP contribution < -0.4 is 14.8 Å². The number of sulfonamides is 1. The molecule has 1 N–H and O–H groups in total. The Morgan fingerprint density at radius 3 is 2.42 bits per heavy atom. The molecule has 2 aromatic rings. The fourth-order valence-electron chi connectivity index (χ4n) is 5.84. The minimum absolute atomic E-state index is 0.0239. The molecular formula is C28H38N2O5S. The van der Waals surface area contributed by atoms with Crippen LogP contribution >= 0.6 is 0 Å². The van der Waals surface area contributed by atoms with Crippen LogP contribution in [0.2, 0.25) is 0 Å². The van der Waals surface area contributed by atoms with Crippen LogP contribution in [0.1, 0.15) is 70.8 Å². The number of rotatable bonds is 8. The molecule has 36 heavy (non-hydrogen) atoms. The third-order valence-electron chi connectivity index (χ3n) is 7.86. The van der Waals surface area contributed by atoms with Gasteiger partial charge in [0.05, 0.1) is 12.0 Å². The van der Waals surface area contributed by atoms with Crippen molar-refractivity contribution in [1.29, 1.82) is 0 Å². The van der Waals surface area contributed by atoms with Crippen LogP contribution in [0.3, 0.4) is 0 Å². The first kappa shape index (κ1) is 26.5. The standard InChI is InChI=1S/C28H38N2O5S/c1-5-30(6-2)36(32,33)24-16-17-26-25(19-24)20(3)28(35-26,21-12-9-7-8-10-13-21)27(31)29-22-14-11-15-23(18-22)34-4/h11,14-21H,5-10,12-13H2,1-4H3,(H,29,31). The Morgan fingerprint density at radius 1 is 1.08 bits per heavy atom. The molecule has 7 nitrogen and oxygen atoms in total. The number of nitrogens with zero attached hydrogens (tertiary/aromatic N) is 1. The minimum atomic E-state index is -3.63. The highest BCUT2D eigenvalue weighted by molar-refractivity contribution is 7.89. The van der Waals surface area contributed by atoms with Gasteiger partial charge in [0.1, 0.15) is 11.5 Å². The van der Waals surface area contributed by atoms with Crippen LogP contribution in [-0.2, 0) is 14.8 Å². The van der Waals surface area contributed by atoms with E-state index in [0.29, 0.717) is 30.3 Å². The highest BCUT2D eigenvalue weighted by Gasteiger charge is 2.57. The van der Waals surface area contributed by atoms with E-state index >= 15 is 0 Å². The van der Waals surface area contributed by atoms with Crippen molar-refractivity contribution in [2.45, 2.75) is 75.7 Å².